The van der Waals surface area contributed by atoms with Crippen LogP contribution in [0.15, 0.2) is 47.4 Å². The van der Waals surface area contributed by atoms with Crippen LogP contribution in [0, 0.1) is 6.92 Å². The minimum atomic E-state index is -3.56. The van der Waals surface area contributed by atoms with Gasteiger partial charge in [-0.25, -0.2) is 8.42 Å². The number of rotatable bonds is 3. The molecule has 4 nitrogen and oxygen atoms in total. The molecule has 2 aromatic carbocycles. The fourth-order valence-electron chi connectivity index (χ4n) is 2.64. The lowest BCUT2D eigenvalue weighted by atomic mass is 10.0. The van der Waals surface area contributed by atoms with Gasteiger partial charge in [0.2, 0.25) is 0 Å². The Kier molecular flexibility index (Phi) is 3.69. The maximum Gasteiger partial charge on any atom is 0.262 e. The normalized spacial score (nSPS) is 14.5. The second-order valence-electron chi connectivity index (χ2n) is 5.24. The number of hydrogen-bond acceptors (Lipinski definition) is 3. The second kappa shape index (κ2) is 5.50. The largest absolute Gasteiger partial charge is 0.312 e. The van der Waals surface area contributed by atoms with Crippen molar-refractivity contribution in [3.63, 3.8) is 0 Å². The van der Waals surface area contributed by atoms with Gasteiger partial charge < -0.3 is 5.32 Å². The van der Waals surface area contributed by atoms with Gasteiger partial charge in [-0.05, 0) is 48.7 Å². The van der Waals surface area contributed by atoms with Crippen molar-refractivity contribution in [2.45, 2.75) is 24.8 Å². The van der Waals surface area contributed by atoms with E-state index in [1.165, 1.54) is 0 Å². The molecule has 110 valence electrons. The lowest BCUT2D eigenvalue weighted by molar-refractivity contribution is 0.593. The van der Waals surface area contributed by atoms with Crippen LogP contribution in [-0.4, -0.2) is 15.0 Å². The van der Waals surface area contributed by atoms with Crippen molar-refractivity contribution < 1.29 is 8.42 Å². The Bertz CT molecular complexity index is 770. The van der Waals surface area contributed by atoms with Crippen molar-refractivity contribution in [3.8, 4) is 0 Å². The second-order valence-corrected chi connectivity index (χ2v) is 6.89. The Labute approximate surface area is 125 Å². The number of sulfonamides is 1. The van der Waals surface area contributed by atoms with Crippen molar-refractivity contribution in [3.05, 3.63) is 59.2 Å². The molecule has 0 aliphatic carbocycles. The third-order valence-electron chi connectivity index (χ3n) is 3.78. The van der Waals surface area contributed by atoms with Gasteiger partial charge >= 0.3 is 0 Å². The first-order valence-corrected chi connectivity index (χ1v) is 8.46. The molecule has 0 aromatic heterocycles. The molecule has 1 heterocycles. The first-order chi connectivity index (χ1) is 10.1. The van der Waals surface area contributed by atoms with E-state index in [-0.39, 0.29) is 0 Å². The summed E-state index contributed by atoms with van der Waals surface area (Å²) in [6.07, 6.45) is 0.736. The molecule has 2 aromatic rings. The molecular weight excluding hydrogens is 284 g/mol. The zero-order valence-electron chi connectivity index (χ0n) is 11.9. The van der Waals surface area contributed by atoms with E-state index >= 15 is 0 Å². The Balaban J connectivity index is 2.01. The molecule has 0 saturated heterocycles. The first-order valence-electron chi connectivity index (χ1n) is 6.98. The summed E-state index contributed by atoms with van der Waals surface area (Å²) < 4.78 is 28.1. The molecular formula is C16H18N2O2S. The van der Waals surface area contributed by atoms with Crippen molar-refractivity contribution in [2.75, 3.05) is 11.3 Å². The summed E-state index contributed by atoms with van der Waals surface area (Å²) in [5.74, 6) is 0. The predicted octanol–water partition coefficient (Wildman–Crippen LogP) is 2.44. The van der Waals surface area contributed by atoms with E-state index in [2.05, 4.69) is 10.0 Å². The lowest BCUT2D eigenvalue weighted by Gasteiger charge is -2.21. The van der Waals surface area contributed by atoms with Crippen LogP contribution in [0.1, 0.15) is 16.7 Å². The van der Waals surface area contributed by atoms with E-state index in [9.17, 15) is 8.42 Å². The SMILES string of the molecule is Cc1ccccc1NS(=O)(=O)c1cccc2c1CCNC2. The minimum absolute atomic E-state index is 0.393. The van der Waals surface area contributed by atoms with Gasteiger partial charge in [0.15, 0.2) is 0 Å². The van der Waals surface area contributed by atoms with Crippen molar-refractivity contribution >= 4 is 15.7 Å². The molecule has 0 fully saturated rings. The minimum Gasteiger partial charge on any atom is -0.312 e. The van der Waals surface area contributed by atoms with Crippen LogP contribution in [0.4, 0.5) is 5.69 Å². The van der Waals surface area contributed by atoms with Crippen molar-refractivity contribution in [1.82, 2.24) is 5.32 Å². The number of aryl methyl sites for hydroxylation is 1. The summed E-state index contributed by atoms with van der Waals surface area (Å²) in [5, 5.41) is 3.26. The summed E-state index contributed by atoms with van der Waals surface area (Å²) in [5.41, 5.74) is 3.53. The molecule has 1 aliphatic rings. The summed E-state index contributed by atoms with van der Waals surface area (Å²) in [6, 6.07) is 12.9. The molecule has 21 heavy (non-hydrogen) atoms. The number of nitrogens with one attached hydrogen (secondary N) is 2. The highest BCUT2D eigenvalue weighted by atomic mass is 32.2. The summed E-state index contributed by atoms with van der Waals surface area (Å²) >= 11 is 0. The van der Waals surface area contributed by atoms with Gasteiger partial charge in [-0.15, -0.1) is 0 Å². The van der Waals surface area contributed by atoms with Gasteiger partial charge in [0.05, 0.1) is 10.6 Å². The molecule has 3 rings (SSSR count). The van der Waals surface area contributed by atoms with Gasteiger partial charge in [-0.3, -0.25) is 4.72 Å². The van der Waals surface area contributed by atoms with Crippen LogP contribution < -0.4 is 10.0 Å². The fourth-order valence-corrected chi connectivity index (χ4v) is 4.08. The summed E-state index contributed by atoms with van der Waals surface area (Å²) in [7, 11) is -3.56. The third kappa shape index (κ3) is 2.80. The Morgan fingerprint density at radius 2 is 1.90 bits per heavy atom. The Morgan fingerprint density at radius 3 is 2.71 bits per heavy atom. The molecule has 0 saturated carbocycles. The predicted molar refractivity (Wildman–Crippen MR) is 83.8 cm³/mol. The van der Waals surface area contributed by atoms with Crippen LogP contribution in [0.5, 0.6) is 0 Å². The number of hydrogen-bond donors (Lipinski definition) is 2. The van der Waals surface area contributed by atoms with E-state index in [1.807, 2.05) is 31.2 Å². The van der Waals surface area contributed by atoms with Crippen LogP contribution in [-0.2, 0) is 23.0 Å². The van der Waals surface area contributed by atoms with Gasteiger partial charge in [-0.2, -0.15) is 0 Å². The maximum absolute atomic E-state index is 12.7. The van der Waals surface area contributed by atoms with Crippen molar-refractivity contribution in [2.24, 2.45) is 0 Å². The molecule has 1 aliphatic heterocycles. The quantitative estimate of drug-likeness (QED) is 0.915. The Hall–Kier alpha value is -1.85. The van der Waals surface area contributed by atoms with Gasteiger partial charge in [0.25, 0.3) is 10.0 Å². The molecule has 0 amide bonds. The molecule has 0 radical (unpaired) electrons. The molecule has 0 bridgehead atoms. The monoisotopic (exact) mass is 302 g/mol. The van der Waals surface area contributed by atoms with Gasteiger partial charge in [0, 0.05) is 6.54 Å². The van der Waals surface area contributed by atoms with Crippen LogP contribution >= 0.6 is 0 Å². The molecule has 0 spiro atoms. The average molecular weight is 302 g/mol. The fraction of sp³-hybridized carbons (Fsp3) is 0.250. The lowest BCUT2D eigenvalue weighted by Crippen LogP contribution is -2.26. The van der Waals surface area contributed by atoms with Crippen LogP contribution in [0.3, 0.4) is 0 Å². The highest BCUT2D eigenvalue weighted by Gasteiger charge is 2.22. The smallest absolute Gasteiger partial charge is 0.262 e. The number of fused-ring (bicyclic) bond motifs is 1. The number of para-hydroxylation sites is 1. The van der Waals surface area contributed by atoms with Crippen LogP contribution in [0.2, 0.25) is 0 Å². The van der Waals surface area contributed by atoms with Crippen LogP contribution in [0.25, 0.3) is 0 Å². The first kappa shape index (κ1) is 14.1. The van der Waals surface area contributed by atoms with E-state index in [0.29, 0.717) is 10.6 Å². The van der Waals surface area contributed by atoms with E-state index < -0.39 is 10.0 Å². The number of benzene rings is 2. The topological polar surface area (TPSA) is 58.2 Å². The van der Waals surface area contributed by atoms with E-state index in [1.54, 1.807) is 18.2 Å². The average Bonchev–Trinajstić information content (AvgIpc) is 2.49. The molecule has 0 atom stereocenters. The van der Waals surface area contributed by atoms with E-state index in [0.717, 1.165) is 36.2 Å². The van der Waals surface area contributed by atoms with Gasteiger partial charge in [-0.1, -0.05) is 30.3 Å². The van der Waals surface area contributed by atoms with Gasteiger partial charge in [0.1, 0.15) is 0 Å². The molecule has 0 unspecified atom stereocenters. The Morgan fingerprint density at radius 1 is 1.10 bits per heavy atom. The highest BCUT2D eigenvalue weighted by Crippen LogP contribution is 2.25. The standard InChI is InChI=1S/C16H18N2O2S/c1-12-5-2-3-7-15(12)18-21(19,20)16-8-4-6-13-11-17-10-9-14(13)16/h2-8,17-18H,9-11H2,1H3. The van der Waals surface area contributed by atoms with Crippen molar-refractivity contribution in [1.29, 1.82) is 0 Å². The van der Waals surface area contributed by atoms with E-state index in [4.69, 9.17) is 0 Å². The zero-order chi connectivity index (χ0) is 14.9. The summed E-state index contributed by atoms with van der Waals surface area (Å²) in [4.78, 5) is 0.393. The zero-order valence-corrected chi connectivity index (χ0v) is 12.7. The molecule has 5 heteroatoms. The third-order valence-corrected chi connectivity index (χ3v) is 5.23. The highest BCUT2D eigenvalue weighted by molar-refractivity contribution is 7.92. The number of anilines is 1. The maximum atomic E-state index is 12.7. The summed E-state index contributed by atoms with van der Waals surface area (Å²) in [6.45, 7) is 3.43. The molecule has 2 N–H and O–H groups in total.